The molecule has 7 saturated carbocycles. The van der Waals surface area contributed by atoms with Crippen molar-refractivity contribution in [2.75, 3.05) is 13.2 Å². The van der Waals surface area contributed by atoms with Gasteiger partial charge in [0.05, 0.1) is 24.3 Å². The predicted octanol–water partition coefficient (Wildman–Crippen LogP) is 8.66. The Hall–Kier alpha value is -2.62. The highest BCUT2D eigenvalue weighted by molar-refractivity contribution is 5.90. The van der Waals surface area contributed by atoms with Gasteiger partial charge in [-0.3, -0.25) is 0 Å². The first-order chi connectivity index (χ1) is 20.5. The maximum Gasteiger partial charge on any atom is 0.338 e. The minimum atomic E-state index is -0.180. The molecule has 0 amide bonds. The van der Waals surface area contributed by atoms with Gasteiger partial charge in [0.1, 0.15) is 0 Å². The molecule has 4 heteroatoms. The van der Waals surface area contributed by atoms with Crippen molar-refractivity contribution >= 4 is 11.9 Å². The Morgan fingerprint density at radius 2 is 0.857 bits per heavy atom. The molecule has 0 radical (unpaired) electrons. The summed E-state index contributed by atoms with van der Waals surface area (Å²) in [5.41, 5.74) is 4.90. The lowest BCUT2D eigenvalue weighted by Gasteiger charge is -2.75. The topological polar surface area (TPSA) is 52.6 Å². The van der Waals surface area contributed by atoms with Crippen LogP contribution >= 0.6 is 0 Å². The average Bonchev–Trinajstić information content (AvgIpc) is 3.03. The second-order valence-corrected chi connectivity index (χ2v) is 14.6. The van der Waals surface area contributed by atoms with Gasteiger partial charge in [-0.05, 0) is 133 Å². The van der Waals surface area contributed by atoms with Crippen LogP contribution in [0.25, 0.3) is 0 Å². The number of unbranched alkanes of at least 4 members (excludes halogenated alkanes) is 4. The molecular formula is C38H48O4. The third-order valence-electron chi connectivity index (χ3n) is 12.5. The van der Waals surface area contributed by atoms with Gasteiger partial charge in [-0.1, -0.05) is 63.8 Å². The zero-order valence-electron chi connectivity index (χ0n) is 25.6. The molecule has 4 nitrogen and oxygen atoms in total. The van der Waals surface area contributed by atoms with Crippen LogP contribution in [-0.4, -0.2) is 25.2 Å². The van der Waals surface area contributed by atoms with E-state index in [1.807, 2.05) is 24.3 Å². The molecule has 0 atom stereocenters. The molecule has 7 aliphatic rings. The van der Waals surface area contributed by atoms with Gasteiger partial charge in [0.2, 0.25) is 0 Å². The summed E-state index contributed by atoms with van der Waals surface area (Å²) in [6.45, 7) is 5.36. The van der Waals surface area contributed by atoms with E-state index >= 15 is 0 Å². The van der Waals surface area contributed by atoms with Crippen LogP contribution in [0.4, 0.5) is 0 Å². The summed E-state index contributed by atoms with van der Waals surface area (Å²) in [5.74, 6) is 4.68. The SMILES string of the molecule is CCCCCOC(=O)c1ccc(C23CC4C5CC6(c7ccc(C(=O)OCCCCC)cc7)CC4C(C2)C(C6)C5C3)cc1. The standard InChI is InChI=1S/C38H48O4/c1-3-5-7-17-41-35(39)25-9-13-27(14-10-25)37-19-29-32-22-38(23-33(29)31(21-37)34(24-38)30(32)20-37)28-15-11-26(12-16-28)36(40)42-18-8-6-4-2/h9-16,29-34H,3-8,17-24H2,1-2H3. The molecule has 42 heavy (non-hydrogen) atoms. The fourth-order valence-corrected chi connectivity index (χ4v) is 10.8. The summed E-state index contributed by atoms with van der Waals surface area (Å²) < 4.78 is 11.0. The second kappa shape index (κ2) is 11.1. The number of rotatable bonds is 12. The lowest BCUT2D eigenvalue weighted by molar-refractivity contribution is -0.221. The number of hydrogen-bond donors (Lipinski definition) is 0. The maximum atomic E-state index is 12.6. The van der Waals surface area contributed by atoms with E-state index in [0.717, 1.165) is 74.0 Å². The Morgan fingerprint density at radius 3 is 1.14 bits per heavy atom. The van der Waals surface area contributed by atoms with E-state index in [-0.39, 0.29) is 11.9 Å². The van der Waals surface area contributed by atoms with Crippen molar-refractivity contribution < 1.29 is 19.1 Å². The summed E-state index contributed by atoms with van der Waals surface area (Å²) in [5, 5.41) is 0. The van der Waals surface area contributed by atoms with Crippen LogP contribution in [0.2, 0.25) is 0 Å². The molecule has 0 N–H and O–H groups in total. The molecule has 224 valence electrons. The molecule has 9 rings (SSSR count). The van der Waals surface area contributed by atoms with Gasteiger partial charge in [-0.15, -0.1) is 0 Å². The van der Waals surface area contributed by atoms with Gasteiger partial charge in [0.25, 0.3) is 0 Å². The Bertz CT molecular complexity index is 1130. The Kier molecular flexibility index (Phi) is 7.47. The number of esters is 2. The van der Waals surface area contributed by atoms with Crippen molar-refractivity contribution in [1.29, 1.82) is 0 Å². The first kappa shape index (κ1) is 28.2. The first-order valence-electron chi connectivity index (χ1n) is 17.0. The number of carbonyl (C=O) groups is 2. The fourth-order valence-electron chi connectivity index (χ4n) is 10.8. The fraction of sp³-hybridized carbons (Fsp3) is 0.632. The van der Waals surface area contributed by atoms with Crippen molar-refractivity contribution in [3.8, 4) is 0 Å². The molecule has 7 aliphatic carbocycles. The largest absolute Gasteiger partial charge is 0.462 e. The van der Waals surface area contributed by atoms with Crippen molar-refractivity contribution in [2.45, 2.75) is 102 Å². The lowest BCUT2D eigenvalue weighted by atomic mass is 9.29. The monoisotopic (exact) mass is 568 g/mol. The van der Waals surface area contributed by atoms with Gasteiger partial charge in [0.15, 0.2) is 0 Å². The Balaban J connectivity index is 1.03. The van der Waals surface area contributed by atoms with E-state index in [1.54, 1.807) is 0 Å². The van der Waals surface area contributed by atoms with Crippen LogP contribution in [0.3, 0.4) is 0 Å². The predicted molar refractivity (Wildman–Crippen MR) is 164 cm³/mol. The van der Waals surface area contributed by atoms with Crippen LogP contribution in [-0.2, 0) is 20.3 Å². The quantitative estimate of drug-likeness (QED) is 0.190. The molecule has 0 aliphatic heterocycles. The van der Waals surface area contributed by atoms with Crippen molar-refractivity contribution in [1.82, 2.24) is 0 Å². The van der Waals surface area contributed by atoms with Crippen LogP contribution in [0.5, 0.6) is 0 Å². The molecule has 2 aromatic carbocycles. The highest BCUT2D eigenvalue weighted by atomic mass is 16.5. The van der Waals surface area contributed by atoms with Gasteiger partial charge in [-0.25, -0.2) is 9.59 Å². The molecular weight excluding hydrogens is 520 g/mol. The lowest BCUT2D eigenvalue weighted by Crippen LogP contribution is -2.69. The molecule has 7 fully saturated rings. The number of carbonyl (C=O) groups excluding carboxylic acids is 2. The molecule has 0 aromatic heterocycles. The first-order valence-corrected chi connectivity index (χ1v) is 17.0. The van der Waals surface area contributed by atoms with Crippen molar-refractivity contribution in [2.24, 2.45) is 35.5 Å². The van der Waals surface area contributed by atoms with Crippen LogP contribution in [0.1, 0.15) is 123 Å². The van der Waals surface area contributed by atoms with E-state index in [2.05, 4.69) is 38.1 Å². The zero-order valence-corrected chi connectivity index (χ0v) is 25.6. The molecule has 2 aromatic rings. The molecule has 0 heterocycles. The smallest absolute Gasteiger partial charge is 0.338 e. The van der Waals surface area contributed by atoms with Crippen molar-refractivity contribution in [3.63, 3.8) is 0 Å². The molecule has 0 spiro atoms. The van der Waals surface area contributed by atoms with Gasteiger partial charge in [-0.2, -0.15) is 0 Å². The number of benzene rings is 2. The minimum absolute atomic E-state index is 0.180. The van der Waals surface area contributed by atoms with E-state index in [9.17, 15) is 9.59 Å². The Morgan fingerprint density at radius 1 is 0.548 bits per heavy atom. The summed E-state index contributed by atoms with van der Waals surface area (Å²) in [6.07, 6.45) is 14.3. The number of hydrogen-bond acceptors (Lipinski definition) is 4. The van der Waals surface area contributed by atoms with E-state index in [0.29, 0.717) is 35.2 Å². The van der Waals surface area contributed by atoms with E-state index in [4.69, 9.17) is 9.47 Å². The van der Waals surface area contributed by atoms with Crippen LogP contribution < -0.4 is 0 Å². The summed E-state index contributed by atoms with van der Waals surface area (Å²) in [6, 6.07) is 17.1. The van der Waals surface area contributed by atoms with Gasteiger partial charge < -0.3 is 9.47 Å². The summed E-state index contributed by atoms with van der Waals surface area (Å²) >= 11 is 0. The third kappa shape index (κ3) is 4.63. The third-order valence-corrected chi connectivity index (χ3v) is 12.5. The number of ether oxygens (including phenoxy) is 2. The van der Waals surface area contributed by atoms with Gasteiger partial charge in [0, 0.05) is 0 Å². The van der Waals surface area contributed by atoms with Crippen LogP contribution in [0.15, 0.2) is 48.5 Å². The van der Waals surface area contributed by atoms with Gasteiger partial charge >= 0.3 is 11.9 Å². The van der Waals surface area contributed by atoms with Crippen LogP contribution in [0, 0.1) is 35.5 Å². The summed E-state index contributed by atoms with van der Waals surface area (Å²) in [7, 11) is 0. The highest BCUT2D eigenvalue weighted by Gasteiger charge is 2.70. The minimum Gasteiger partial charge on any atom is -0.462 e. The normalized spacial score (nSPS) is 35.0. The van der Waals surface area contributed by atoms with E-state index in [1.165, 1.54) is 49.7 Å². The Labute approximate surface area is 251 Å². The zero-order chi connectivity index (χ0) is 28.9. The maximum absolute atomic E-state index is 12.6. The second-order valence-electron chi connectivity index (χ2n) is 14.6. The highest BCUT2D eigenvalue weighted by Crippen LogP contribution is 2.77. The average molecular weight is 569 g/mol. The molecule has 0 saturated heterocycles. The van der Waals surface area contributed by atoms with Crippen molar-refractivity contribution in [3.05, 3.63) is 70.8 Å². The van der Waals surface area contributed by atoms with E-state index < -0.39 is 0 Å². The molecule has 0 unspecified atom stereocenters. The molecule has 8 bridgehead atoms. The summed E-state index contributed by atoms with van der Waals surface area (Å²) in [4.78, 5) is 25.1.